The van der Waals surface area contributed by atoms with Crippen LogP contribution in [0.3, 0.4) is 0 Å². The minimum Gasteiger partial charge on any atom is -0.465 e. The normalized spacial score (nSPS) is 10.1. The zero-order valence-electron chi connectivity index (χ0n) is 14.7. The fourth-order valence-electron chi connectivity index (χ4n) is 2.37. The first kappa shape index (κ1) is 18.1. The maximum absolute atomic E-state index is 12.3. The molecule has 0 aliphatic heterocycles. The molecule has 7 nitrogen and oxygen atoms in total. The van der Waals surface area contributed by atoms with Crippen LogP contribution < -0.4 is 10.6 Å². The van der Waals surface area contributed by atoms with E-state index in [-0.39, 0.29) is 5.91 Å². The van der Waals surface area contributed by atoms with Gasteiger partial charge in [0, 0.05) is 23.6 Å². The largest absolute Gasteiger partial charge is 0.465 e. The number of amides is 1. The second-order valence-electron chi connectivity index (χ2n) is 5.63. The predicted octanol–water partition coefficient (Wildman–Crippen LogP) is 2.94. The Morgan fingerprint density at radius 1 is 0.963 bits per heavy atom. The van der Waals surface area contributed by atoms with Gasteiger partial charge in [-0.1, -0.05) is 6.07 Å². The van der Waals surface area contributed by atoms with E-state index in [4.69, 9.17) is 0 Å². The van der Waals surface area contributed by atoms with Crippen molar-refractivity contribution in [1.29, 1.82) is 0 Å². The lowest BCUT2D eigenvalue weighted by Gasteiger charge is -2.09. The van der Waals surface area contributed by atoms with Gasteiger partial charge in [0.1, 0.15) is 5.82 Å². The molecule has 2 heterocycles. The van der Waals surface area contributed by atoms with Gasteiger partial charge in [0.2, 0.25) is 0 Å². The van der Waals surface area contributed by atoms with Gasteiger partial charge in [-0.25, -0.2) is 9.78 Å². The molecule has 0 bridgehead atoms. The van der Waals surface area contributed by atoms with Crippen molar-refractivity contribution in [3.05, 3.63) is 83.8 Å². The van der Waals surface area contributed by atoms with Crippen LogP contribution in [-0.2, 0) is 11.3 Å². The topological polar surface area (TPSA) is 93.2 Å². The first-order valence-electron chi connectivity index (χ1n) is 8.25. The molecule has 2 aromatic heterocycles. The van der Waals surface area contributed by atoms with Gasteiger partial charge in [-0.05, 0) is 48.5 Å². The second kappa shape index (κ2) is 8.57. The molecule has 0 radical (unpaired) electrons. The summed E-state index contributed by atoms with van der Waals surface area (Å²) < 4.78 is 4.67. The Morgan fingerprint density at radius 3 is 2.48 bits per heavy atom. The molecule has 3 rings (SSSR count). The summed E-state index contributed by atoms with van der Waals surface area (Å²) in [5, 5.41) is 5.93. The Hall–Kier alpha value is -3.74. The molecule has 0 aliphatic rings. The SMILES string of the molecule is COC(=O)c1ccc(Nc2cc(C(=O)NCc3ccccn3)ccn2)cc1. The maximum atomic E-state index is 12.3. The number of nitrogens with zero attached hydrogens (tertiary/aromatic N) is 2. The molecule has 0 saturated carbocycles. The van der Waals surface area contributed by atoms with E-state index < -0.39 is 5.97 Å². The van der Waals surface area contributed by atoms with Crippen molar-refractivity contribution in [2.75, 3.05) is 12.4 Å². The first-order valence-corrected chi connectivity index (χ1v) is 8.25. The van der Waals surface area contributed by atoms with E-state index in [9.17, 15) is 9.59 Å². The van der Waals surface area contributed by atoms with E-state index in [1.165, 1.54) is 7.11 Å². The quantitative estimate of drug-likeness (QED) is 0.655. The van der Waals surface area contributed by atoms with Crippen LogP contribution in [0.15, 0.2) is 67.0 Å². The number of hydrogen-bond donors (Lipinski definition) is 2. The van der Waals surface area contributed by atoms with Crippen LogP contribution >= 0.6 is 0 Å². The van der Waals surface area contributed by atoms with Gasteiger partial charge >= 0.3 is 5.97 Å². The van der Waals surface area contributed by atoms with Crippen LogP contribution in [0.4, 0.5) is 11.5 Å². The second-order valence-corrected chi connectivity index (χ2v) is 5.63. The van der Waals surface area contributed by atoms with Crippen molar-refractivity contribution < 1.29 is 14.3 Å². The molecule has 0 unspecified atom stereocenters. The molecule has 0 spiro atoms. The summed E-state index contributed by atoms with van der Waals surface area (Å²) in [5.74, 6) is -0.0929. The molecule has 1 amide bonds. The molecule has 7 heteroatoms. The first-order chi connectivity index (χ1) is 13.2. The molecule has 0 saturated heterocycles. The highest BCUT2D eigenvalue weighted by atomic mass is 16.5. The Kier molecular flexibility index (Phi) is 5.73. The number of benzene rings is 1. The van der Waals surface area contributed by atoms with Crippen molar-refractivity contribution >= 4 is 23.4 Å². The Bertz CT molecular complexity index is 927. The van der Waals surface area contributed by atoms with E-state index in [1.54, 1.807) is 48.8 Å². The lowest BCUT2D eigenvalue weighted by atomic mass is 10.2. The molecule has 0 atom stereocenters. The van der Waals surface area contributed by atoms with Crippen LogP contribution in [0.2, 0.25) is 0 Å². The van der Waals surface area contributed by atoms with Gasteiger partial charge in [-0.2, -0.15) is 0 Å². The van der Waals surface area contributed by atoms with E-state index in [0.29, 0.717) is 23.5 Å². The highest BCUT2D eigenvalue weighted by molar-refractivity contribution is 5.95. The zero-order chi connectivity index (χ0) is 19.1. The highest BCUT2D eigenvalue weighted by Crippen LogP contribution is 2.16. The smallest absolute Gasteiger partial charge is 0.337 e. The van der Waals surface area contributed by atoms with E-state index in [2.05, 4.69) is 25.3 Å². The third-order valence-electron chi connectivity index (χ3n) is 3.76. The van der Waals surface area contributed by atoms with Crippen LogP contribution in [-0.4, -0.2) is 29.0 Å². The van der Waals surface area contributed by atoms with Crippen molar-refractivity contribution in [2.24, 2.45) is 0 Å². The zero-order valence-corrected chi connectivity index (χ0v) is 14.7. The van der Waals surface area contributed by atoms with Gasteiger partial charge in [-0.3, -0.25) is 9.78 Å². The number of esters is 1. The standard InChI is InChI=1S/C20H18N4O3/c1-27-20(26)14-5-7-16(8-6-14)24-18-12-15(9-11-22-18)19(25)23-13-17-4-2-3-10-21-17/h2-12H,13H2,1H3,(H,22,24)(H,23,25). The summed E-state index contributed by atoms with van der Waals surface area (Å²) in [6.07, 6.45) is 3.24. The molecular weight excluding hydrogens is 344 g/mol. The third kappa shape index (κ3) is 4.88. The number of nitrogens with one attached hydrogen (secondary N) is 2. The number of anilines is 2. The van der Waals surface area contributed by atoms with Gasteiger partial charge < -0.3 is 15.4 Å². The lowest BCUT2D eigenvalue weighted by Crippen LogP contribution is -2.23. The monoisotopic (exact) mass is 362 g/mol. The number of methoxy groups -OCH3 is 1. The summed E-state index contributed by atoms with van der Waals surface area (Å²) in [6, 6.07) is 15.6. The minimum atomic E-state index is -0.397. The van der Waals surface area contributed by atoms with E-state index in [1.807, 2.05) is 18.2 Å². The molecular formula is C20H18N4O3. The number of pyridine rings is 2. The molecule has 1 aromatic carbocycles. The number of aromatic nitrogens is 2. The fourth-order valence-corrected chi connectivity index (χ4v) is 2.37. The summed E-state index contributed by atoms with van der Waals surface area (Å²) in [4.78, 5) is 32.2. The van der Waals surface area contributed by atoms with Crippen LogP contribution in [0.1, 0.15) is 26.4 Å². The minimum absolute atomic E-state index is 0.216. The van der Waals surface area contributed by atoms with Gasteiger partial charge in [0.05, 0.1) is 24.9 Å². The number of carbonyl (C=O) groups excluding carboxylic acids is 2. The van der Waals surface area contributed by atoms with Crippen molar-refractivity contribution in [3.8, 4) is 0 Å². The van der Waals surface area contributed by atoms with Crippen molar-refractivity contribution in [3.63, 3.8) is 0 Å². The predicted molar refractivity (Wildman–Crippen MR) is 101 cm³/mol. The van der Waals surface area contributed by atoms with E-state index >= 15 is 0 Å². The Balaban J connectivity index is 1.64. The summed E-state index contributed by atoms with van der Waals surface area (Å²) in [5.41, 5.74) is 2.46. The van der Waals surface area contributed by atoms with E-state index in [0.717, 1.165) is 11.4 Å². The number of hydrogen-bond acceptors (Lipinski definition) is 6. The summed E-state index contributed by atoms with van der Waals surface area (Å²) in [6.45, 7) is 0.347. The van der Waals surface area contributed by atoms with Crippen molar-refractivity contribution in [2.45, 2.75) is 6.54 Å². The average Bonchev–Trinajstić information content (AvgIpc) is 2.73. The van der Waals surface area contributed by atoms with Crippen LogP contribution in [0, 0.1) is 0 Å². The van der Waals surface area contributed by atoms with Gasteiger partial charge in [0.25, 0.3) is 5.91 Å². The Morgan fingerprint density at radius 2 is 1.78 bits per heavy atom. The number of carbonyl (C=O) groups is 2. The molecule has 136 valence electrons. The summed E-state index contributed by atoms with van der Waals surface area (Å²) in [7, 11) is 1.34. The molecule has 3 aromatic rings. The molecule has 27 heavy (non-hydrogen) atoms. The van der Waals surface area contributed by atoms with Crippen LogP contribution in [0.25, 0.3) is 0 Å². The molecule has 0 fully saturated rings. The van der Waals surface area contributed by atoms with Crippen LogP contribution in [0.5, 0.6) is 0 Å². The highest BCUT2D eigenvalue weighted by Gasteiger charge is 2.08. The van der Waals surface area contributed by atoms with Gasteiger partial charge in [0.15, 0.2) is 0 Å². The van der Waals surface area contributed by atoms with Gasteiger partial charge in [-0.15, -0.1) is 0 Å². The maximum Gasteiger partial charge on any atom is 0.337 e. The lowest BCUT2D eigenvalue weighted by molar-refractivity contribution is 0.0600. The Labute approximate surface area is 156 Å². The van der Waals surface area contributed by atoms with Crippen molar-refractivity contribution in [1.82, 2.24) is 15.3 Å². The molecule has 2 N–H and O–H groups in total. The number of ether oxygens (including phenoxy) is 1. The molecule has 0 aliphatic carbocycles. The third-order valence-corrected chi connectivity index (χ3v) is 3.76. The number of rotatable bonds is 6. The fraction of sp³-hybridized carbons (Fsp3) is 0.100. The summed E-state index contributed by atoms with van der Waals surface area (Å²) >= 11 is 0. The average molecular weight is 362 g/mol.